The Labute approximate surface area is 159 Å². The van der Waals surface area contributed by atoms with Gasteiger partial charge in [-0.3, -0.25) is 4.79 Å². The highest BCUT2D eigenvalue weighted by molar-refractivity contribution is 7.13. The molecule has 7 heteroatoms. The lowest BCUT2D eigenvalue weighted by atomic mass is 10.1. The third kappa shape index (κ3) is 5.74. The van der Waals surface area contributed by atoms with Crippen LogP contribution in [0.1, 0.15) is 24.1 Å². The van der Waals surface area contributed by atoms with Crippen LogP contribution in [0, 0.1) is 6.92 Å². The van der Waals surface area contributed by atoms with Crippen molar-refractivity contribution in [2.75, 3.05) is 13.1 Å². The molecule has 1 saturated heterocycles. The number of hydrogen-bond acceptors (Lipinski definition) is 4. The van der Waals surface area contributed by atoms with Gasteiger partial charge < -0.3 is 10.6 Å². The Balaban J connectivity index is 0.00000144. The molecule has 4 nitrogen and oxygen atoms in total. The Morgan fingerprint density at radius 2 is 2.25 bits per heavy atom. The summed E-state index contributed by atoms with van der Waals surface area (Å²) in [6.07, 6.45) is 2.70. The molecular formula is C17H23Cl2N3OS. The molecule has 1 aliphatic heterocycles. The molecule has 2 heterocycles. The minimum absolute atomic E-state index is 0. The Morgan fingerprint density at radius 1 is 1.42 bits per heavy atom. The summed E-state index contributed by atoms with van der Waals surface area (Å²) in [4.78, 5) is 16.6. The number of aryl methyl sites for hydroxylation is 1. The maximum atomic E-state index is 12.0. The number of thiazole rings is 1. The van der Waals surface area contributed by atoms with E-state index in [0.29, 0.717) is 19.0 Å². The number of nitrogens with zero attached hydrogens (tertiary/aromatic N) is 1. The summed E-state index contributed by atoms with van der Waals surface area (Å²) >= 11 is 1.59. The zero-order valence-corrected chi connectivity index (χ0v) is 16.0. The standard InChI is InChI=1S/C17H21N3OS.2ClH/c1-12-4-2-5-13(8-12)17-20-15(11-22-17)9-16(21)19-10-14-6-3-7-18-14;;/h2,4-5,8,11,14,18H,3,6-7,9-10H2,1H3,(H,19,21);2*1H. The average molecular weight is 388 g/mol. The minimum Gasteiger partial charge on any atom is -0.354 e. The summed E-state index contributed by atoms with van der Waals surface area (Å²) in [5, 5.41) is 9.33. The molecule has 0 saturated carbocycles. The quantitative estimate of drug-likeness (QED) is 0.826. The van der Waals surface area contributed by atoms with Crippen LogP contribution in [0.3, 0.4) is 0 Å². The third-order valence-electron chi connectivity index (χ3n) is 3.87. The van der Waals surface area contributed by atoms with Crippen LogP contribution in [0.5, 0.6) is 0 Å². The zero-order chi connectivity index (χ0) is 15.4. The maximum Gasteiger partial charge on any atom is 0.226 e. The number of carbonyl (C=O) groups is 1. The normalized spacial score (nSPS) is 16.1. The smallest absolute Gasteiger partial charge is 0.226 e. The number of benzene rings is 1. The molecule has 2 aromatic rings. The average Bonchev–Trinajstić information content (AvgIpc) is 3.16. The molecule has 0 spiro atoms. The third-order valence-corrected chi connectivity index (χ3v) is 4.81. The van der Waals surface area contributed by atoms with E-state index in [1.807, 2.05) is 11.4 Å². The maximum absolute atomic E-state index is 12.0. The lowest BCUT2D eigenvalue weighted by Crippen LogP contribution is -2.37. The van der Waals surface area contributed by atoms with Gasteiger partial charge in [0.05, 0.1) is 12.1 Å². The SMILES string of the molecule is Cc1cccc(-c2nc(CC(=O)NCC3CCCN3)cs2)c1.Cl.Cl. The van der Waals surface area contributed by atoms with Crippen molar-refractivity contribution in [3.05, 3.63) is 40.9 Å². The van der Waals surface area contributed by atoms with Crippen molar-refractivity contribution in [1.29, 1.82) is 0 Å². The molecule has 0 bridgehead atoms. The van der Waals surface area contributed by atoms with Crippen LogP contribution < -0.4 is 10.6 Å². The molecular weight excluding hydrogens is 365 g/mol. The summed E-state index contributed by atoms with van der Waals surface area (Å²) < 4.78 is 0. The Hall–Kier alpha value is -1.14. The summed E-state index contributed by atoms with van der Waals surface area (Å²) in [5.41, 5.74) is 3.18. The van der Waals surface area contributed by atoms with Gasteiger partial charge in [-0.15, -0.1) is 36.2 Å². The molecule has 1 fully saturated rings. The van der Waals surface area contributed by atoms with E-state index < -0.39 is 0 Å². The molecule has 1 aromatic carbocycles. The molecule has 1 aliphatic rings. The Bertz CT molecular complexity index is 657. The summed E-state index contributed by atoms with van der Waals surface area (Å²) in [5.74, 6) is 0.0507. The minimum atomic E-state index is 0. The first-order valence-electron chi connectivity index (χ1n) is 7.72. The lowest BCUT2D eigenvalue weighted by molar-refractivity contribution is -0.120. The van der Waals surface area contributed by atoms with Crippen LogP contribution >= 0.6 is 36.2 Å². The van der Waals surface area contributed by atoms with Gasteiger partial charge in [-0.05, 0) is 32.4 Å². The van der Waals surface area contributed by atoms with Gasteiger partial charge in [-0.25, -0.2) is 4.98 Å². The molecule has 0 aliphatic carbocycles. The number of amides is 1. The van der Waals surface area contributed by atoms with E-state index in [4.69, 9.17) is 0 Å². The number of nitrogens with one attached hydrogen (secondary N) is 2. The molecule has 2 N–H and O–H groups in total. The fourth-order valence-corrected chi connectivity index (χ4v) is 3.51. The second kappa shape index (κ2) is 9.99. The Morgan fingerprint density at radius 3 is 2.96 bits per heavy atom. The van der Waals surface area contributed by atoms with Crippen LogP contribution in [0.25, 0.3) is 10.6 Å². The van der Waals surface area contributed by atoms with Gasteiger partial charge in [0.1, 0.15) is 5.01 Å². The number of aromatic nitrogens is 1. The molecule has 1 amide bonds. The molecule has 0 radical (unpaired) electrons. The molecule has 132 valence electrons. The van der Waals surface area contributed by atoms with Crippen LogP contribution in [-0.4, -0.2) is 30.0 Å². The van der Waals surface area contributed by atoms with Crippen molar-refractivity contribution in [2.45, 2.75) is 32.2 Å². The van der Waals surface area contributed by atoms with Gasteiger partial charge in [0.15, 0.2) is 0 Å². The molecule has 1 unspecified atom stereocenters. The number of rotatable bonds is 5. The Kier molecular flexibility index (Phi) is 8.70. The van der Waals surface area contributed by atoms with Gasteiger partial charge in [-0.1, -0.05) is 23.8 Å². The van der Waals surface area contributed by atoms with Crippen molar-refractivity contribution < 1.29 is 4.79 Å². The van der Waals surface area contributed by atoms with E-state index in [-0.39, 0.29) is 30.7 Å². The fourth-order valence-electron chi connectivity index (χ4n) is 2.69. The van der Waals surface area contributed by atoms with Crippen molar-refractivity contribution >= 4 is 42.1 Å². The molecule has 3 rings (SSSR count). The topological polar surface area (TPSA) is 54.0 Å². The highest BCUT2D eigenvalue weighted by Crippen LogP contribution is 2.24. The van der Waals surface area contributed by atoms with Gasteiger partial charge in [-0.2, -0.15) is 0 Å². The van der Waals surface area contributed by atoms with Crippen molar-refractivity contribution in [3.8, 4) is 10.6 Å². The van der Waals surface area contributed by atoms with Crippen molar-refractivity contribution in [1.82, 2.24) is 15.6 Å². The molecule has 1 aromatic heterocycles. The highest BCUT2D eigenvalue weighted by atomic mass is 35.5. The summed E-state index contributed by atoms with van der Waals surface area (Å²) in [7, 11) is 0. The zero-order valence-electron chi connectivity index (χ0n) is 13.6. The van der Waals surface area contributed by atoms with Gasteiger partial charge in [0.25, 0.3) is 0 Å². The second-order valence-electron chi connectivity index (χ2n) is 5.79. The van der Waals surface area contributed by atoms with Gasteiger partial charge in [0.2, 0.25) is 5.91 Å². The molecule has 1 atom stereocenters. The first-order valence-corrected chi connectivity index (χ1v) is 8.60. The lowest BCUT2D eigenvalue weighted by Gasteiger charge is -2.10. The summed E-state index contributed by atoms with van der Waals surface area (Å²) in [6.45, 7) is 3.85. The van der Waals surface area contributed by atoms with E-state index >= 15 is 0 Å². The second-order valence-corrected chi connectivity index (χ2v) is 6.65. The largest absolute Gasteiger partial charge is 0.354 e. The predicted octanol–water partition coefficient (Wildman–Crippen LogP) is 3.37. The van der Waals surface area contributed by atoms with Crippen molar-refractivity contribution in [2.24, 2.45) is 0 Å². The first-order chi connectivity index (χ1) is 10.7. The highest BCUT2D eigenvalue weighted by Gasteiger charge is 2.15. The van der Waals surface area contributed by atoms with Crippen LogP contribution in [0.4, 0.5) is 0 Å². The van der Waals surface area contributed by atoms with E-state index in [1.165, 1.54) is 12.0 Å². The van der Waals surface area contributed by atoms with E-state index in [9.17, 15) is 4.79 Å². The number of hydrogen-bond donors (Lipinski definition) is 2. The van der Waals surface area contributed by atoms with E-state index in [1.54, 1.807) is 11.3 Å². The fraction of sp³-hybridized carbons (Fsp3) is 0.412. The van der Waals surface area contributed by atoms with Crippen molar-refractivity contribution in [3.63, 3.8) is 0 Å². The van der Waals surface area contributed by atoms with Crippen LogP contribution in [0.15, 0.2) is 29.6 Å². The monoisotopic (exact) mass is 387 g/mol. The number of carbonyl (C=O) groups excluding carboxylic acids is 1. The van der Waals surface area contributed by atoms with E-state index in [2.05, 4.69) is 40.7 Å². The van der Waals surface area contributed by atoms with Crippen LogP contribution in [0.2, 0.25) is 0 Å². The first kappa shape index (κ1) is 20.9. The summed E-state index contributed by atoms with van der Waals surface area (Å²) in [6, 6.07) is 8.72. The van der Waals surface area contributed by atoms with Gasteiger partial charge in [0, 0.05) is 23.5 Å². The molecule has 24 heavy (non-hydrogen) atoms. The number of halogens is 2. The van der Waals surface area contributed by atoms with E-state index in [0.717, 1.165) is 29.2 Å². The predicted molar refractivity (Wildman–Crippen MR) is 105 cm³/mol. The van der Waals surface area contributed by atoms with Crippen LogP contribution in [-0.2, 0) is 11.2 Å². The van der Waals surface area contributed by atoms with Gasteiger partial charge >= 0.3 is 0 Å².